The van der Waals surface area contributed by atoms with Crippen molar-refractivity contribution in [1.82, 2.24) is 14.9 Å². The van der Waals surface area contributed by atoms with Crippen LogP contribution in [0.1, 0.15) is 11.3 Å². The molecule has 2 aromatic rings. The van der Waals surface area contributed by atoms with Crippen molar-refractivity contribution < 1.29 is 26.7 Å². The first-order valence-electron chi connectivity index (χ1n) is 7.88. The van der Waals surface area contributed by atoms with E-state index in [2.05, 4.69) is 9.97 Å². The van der Waals surface area contributed by atoms with Crippen LogP contribution < -0.4 is 5.56 Å². The number of halogens is 5. The van der Waals surface area contributed by atoms with Crippen LogP contribution in [0.15, 0.2) is 35.1 Å². The molecule has 148 valence electrons. The molecule has 0 spiro atoms. The molecule has 5 nitrogen and oxygen atoms in total. The van der Waals surface area contributed by atoms with Gasteiger partial charge in [-0.05, 0) is 12.6 Å². The number of H-pyrrole nitrogens is 1. The number of methoxy groups -OCH3 is 1. The zero-order valence-corrected chi connectivity index (χ0v) is 14.6. The Kier molecular flexibility index (Phi) is 6.32. The molecule has 0 atom stereocenters. The average molecular weight is 391 g/mol. The molecule has 0 bridgehead atoms. The molecule has 1 aromatic heterocycles. The monoisotopic (exact) mass is 391 g/mol. The van der Waals surface area contributed by atoms with Crippen LogP contribution in [0.2, 0.25) is 0 Å². The van der Waals surface area contributed by atoms with Crippen molar-refractivity contribution >= 4 is 0 Å². The van der Waals surface area contributed by atoms with Crippen LogP contribution in [0, 0.1) is 0 Å². The van der Waals surface area contributed by atoms with Gasteiger partial charge in [0.05, 0.1) is 6.61 Å². The second-order valence-corrected chi connectivity index (χ2v) is 5.94. The van der Waals surface area contributed by atoms with Gasteiger partial charge in [-0.1, -0.05) is 24.3 Å². The number of aromatic nitrogens is 2. The summed E-state index contributed by atoms with van der Waals surface area (Å²) < 4.78 is 70.1. The molecule has 1 heterocycles. The van der Waals surface area contributed by atoms with Gasteiger partial charge < -0.3 is 9.72 Å². The van der Waals surface area contributed by atoms with E-state index in [1.165, 1.54) is 6.07 Å². The number of nitrogens with one attached hydrogen (secondary N) is 1. The Labute approximate surface area is 151 Å². The molecule has 0 aliphatic carbocycles. The minimum Gasteiger partial charge on any atom is -0.383 e. The van der Waals surface area contributed by atoms with Gasteiger partial charge in [0.15, 0.2) is 0 Å². The lowest BCUT2D eigenvalue weighted by Crippen LogP contribution is -2.36. The van der Waals surface area contributed by atoms with Gasteiger partial charge in [-0.15, -0.1) is 0 Å². The van der Waals surface area contributed by atoms with Crippen molar-refractivity contribution in [3.63, 3.8) is 0 Å². The molecule has 2 rings (SSSR count). The first-order valence-corrected chi connectivity index (χ1v) is 7.88. The number of rotatable bonds is 7. The summed E-state index contributed by atoms with van der Waals surface area (Å²) >= 11 is 0. The maximum Gasteiger partial charge on any atom is 0.459 e. The molecule has 27 heavy (non-hydrogen) atoms. The van der Waals surface area contributed by atoms with Crippen LogP contribution >= 0.6 is 0 Å². The van der Waals surface area contributed by atoms with E-state index in [9.17, 15) is 26.7 Å². The SMILES string of the molecule is COCCN(C)Cc1ccccc1-c1nc(C(F)(F)C(F)(F)F)cc(=O)[nH]1. The Morgan fingerprint density at radius 3 is 2.48 bits per heavy atom. The first kappa shape index (κ1) is 21.0. The number of hydrogen-bond donors (Lipinski definition) is 1. The number of nitrogens with zero attached hydrogens (tertiary/aromatic N) is 2. The second-order valence-electron chi connectivity index (χ2n) is 5.94. The maximum atomic E-state index is 13.6. The number of benzene rings is 1. The van der Waals surface area contributed by atoms with Crippen LogP contribution in [0.25, 0.3) is 11.4 Å². The Bertz CT molecular complexity index is 836. The lowest BCUT2D eigenvalue weighted by atomic mass is 10.1. The summed E-state index contributed by atoms with van der Waals surface area (Å²) in [4.78, 5) is 19.2. The molecule has 0 aliphatic heterocycles. The Balaban J connectivity index is 2.47. The van der Waals surface area contributed by atoms with Crippen molar-refractivity contribution in [2.75, 3.05) is 27.3 Å². The molecule has 0 saturated heterocycles. The molecule has 0 radical (unpaired) electrons. The van der Waals surface area contributed by atoms with Crippen molar-refractivity contribution in [3.05, 3.63) is 51.9 Å². The molecule has 0 aliphatic rings. The topological polar surface area (TPSA) is 58.2 Å². The number of hydrogen-bond acceptors (Lipinski definition) is 4. The lowest BCUT2D eigenvalue weighted by molar-refractivity contribution is -0.291. The van der Waals surface area contributed by atoms with Gasteiger partial charge in [0.2, 0.25) is 0 Å². The van der Waals surface area contributed by atoms with Gasteiger partial charge in [0.1, 0.15) is 11.5 Å². The fourth-order valence-corrected chi connectivity index (χ4v) is 2.40. The van der Waals surface area contributed by atoms with Crippen molar-refractivity contribution in [2.45, 2.75) is 18.6 Å². The minimum absolute atomic E-state index is 0.157. The quantitative estimate of drug-likeness (QED) is 0.737. The van der Waals surface area contributed by atoms with Gasteiger partial charge in [-0.3, -0.25) is 9.69 Å². The minimum atomic E-state index is -5.86. The normalized spacial score (nSPS) is 12.6. The maximum absolute atomic E-state index is 13.6. The smallest absolute Gasteiger partial charge is 0.383 e. The van der Waals surface area contributed by atoms with Crippen LogP contribution in [-0.4, -0.2) is 48.4 Å². The molecule has 1 N–H and O–H groups in total. The summed E-state index contributed by atoms with van der Waals surface area (Å²) in [5.74, 6) is -5.59. The fraction of sp³-hybridized carbons (Fsp3) is 0.412. The van der Waals surface area contributed by atoms with Crippen molar-refractivity contribution in [3.8, 4) is 11.4 Å². The van der Waals surface area contributed by atoms with Crippen LogP contribution in [-0.2, 0) is 17.2 Å². The van der Waals surface area contributed by atoms with Crippen LogP contribution in [0.5, 0.6) is 0 Å². The van der Waals surface area contributed by atoms with E-state index in [0.29, 0.717) is 25.3 Å². The van der Waals surface area contributed by atoms with Crippen LogP contribution in [0.3, 0.4) is 0 Å². The largest absolute Gasteiger partial charge is 0.459 e. The molecule has 10 heteroatoms. The molecule has 0 fully saturated rings. The van der Waals surface area contributed by atoms with E-state index in [4.69, 9.17) is 4.74 Å². The standard InChI is InChI=1S/C17H18F5N3O2/c1-25(7-8-27-2)10-11-5-3-4-6-12(11)15-23-13(9-14(26)24-15)16(18,19)17(20,21)22/h3-6,9H,7-8,10H2,1-2H3,(H,23,24,26). The van der Waals surface area contributed by atoms with E-state index in [-0.39, 0.29) is 17.5 Å². The molecular weight excluding hydrogens is 373 g/mol. The number of likely N-dealkylation sites (N-methyl/N-ethyl adjacent to an activating group) is 1. The summed E-state index contributed by atoms with van der Waals surface area (Å²) in [6.45, 7) is 1.38. The zero-order chi connectivity index (χ0) is 20.2. The Hall–Kier alpha value is -2.33. The van der Waals surface area contributed by atoms with E-state index in [0.717, 1.165) is 0 Å². The molecule has 0 unspecified atom stereocenters. The van der Waals surface area contributed by atoms with E-state index < -0.39 is 23.4 Å². The Morgan fingerprint density at radius 1 is 1.19 bits per heavy atom. The highest BCUT2D eigenvalue weighted by molar-refractivity contribution is 5.60. The number of ether oxygens (including phenoxy) is 1. The van der Waals surface area contributed by atoms with Gasteiger partial charge >= 0.3 is 12.1 Å². The number of alkyl halides is 5. The highest BCUT2D eigenvalue weighted by Crippen LogP contribution is 2.42. The van der Waals surface area contributed by atoms with E-state index >= 15 is 0 Å². The lowest BCUT2D eigenvalue weighted by Gasteiger charge is -2.20. The number of aromatic amines is 1. The van der Waals surface area contributed by atoms with Crippen LogP contribution in [0.4, 0.5) is 22.0 Å². The van der Waals surface area contributed by atoms with Gasteiger partial charge in [-0.25, -0.2) is 4.98 Å². The highest BCUT2D eigenvalue weighted by Gasteiger charge is 2.60. The Morgan fingerprint density at radius 2 is 1.85 bits per heavy atom. The van der Waals surface area contributed by atoms with E-state index in [1.54, 1.807) is 32.4 Å². The fourth-order valence-electron chi connectivity index (χ4n) is 2.40. The summed E-state index contributed by atoms with van der Waals surface area (Å²) in [5.41, 5.74) is -1.87. The molecular formula is C17H18F5N3O2. The van der Waals surface area contributed by atoms with Gasteiger partial charge in [0.25, 0.3) is 5.56 Å². The third-order valence-corrected chi connectivity index (χ3v) is 3.81. The summed E-state index contributed by atoms with van der Waals surface area (Å²) in [5, 5.41) is 0. The zero-order valence-electron chi connectivity index (χ0n) is 14.6. The summed E-state index contributed by atoms with van der Waals surface area (Å²) in [6.07, 6.45) is -5.86. The van der Waals surface area contributed by atoms with Crippen molar-refractivity contribution in [1.29, 1.82) is 0 Å². The third-order valence-electron chi connectivity index (χ3n) is 3.81. The molecule has 0 saturated carbocycles. The van der Waals surface area contributed by atoms with Gasteiger partial charge in [-0.2, -0.15) is 22.0 Å². The summed E-state index contributed by atoms with van der Waals surface area (Å²) in [6, 6.07) is 6.59. The third kappa shape index (κ3) is 4.89. The second kappa shape index (κ2) is 8.13. The average Bonchev–Trinajstić information content (AvgIpc) is 2.59. The predicted octanol–water partition coefficient (Wildman–Crippen LogP) is 3.17. The molecule has 1 aromatic carbocycles. The first-order chi connectivity index (χ1) is 12.6. The predicted molar refractivity (Wildman–Crippen MR) is 88.5 cm³/mol. The summed E-state index contributed by atoms with van der Waals surface area (Å²) in [7, 11) is 3.34. The van der Waals surface area contributed by atoms with Crippen molar-refractivity contribution in [2.24, 2.45) is 0 Å². The van der Waals surface area contributed by atoms with Gasteiger partial charge in [0, 0.05) is 31.8 Å². The molecule has 0 amide bonds. The highest BCUT2D eigenvalue weighted by atomic mass is 19.4. The van der Waals surface area contributed by atoms with E-state index in [1.807, 2.05) is 4.90 Å².